The number of nitrogens with zero attached hydrogens (tertiary/aromatic N) is 3. The van der Waals surface area contributed by atoms with E-state index in [-0.39, 0.29) is 0 Å². The van der Waals surface area contributed by atoms with Crippen LogP contribution in [0.4, 0.5) is 0 Å². The number of aryl methyl sites for hydroxylation is 2. The van der Waals surface area contributed by atoms with E-state index in [1.165, 1.54) is 56.6 Å². The monoisotopic (exact) mass is 263 g/mol. The van der Waals surface area contributed by atoms with Crippen molar-refractivity contribution < 1.29 is 0 Å². The molecule has 0 amide bonds. The van der Waals surface area contributed by atoms with Crippen LogP contribution < -0.4 is 0 Å². The average molecular weight is 263 g/mol. The summed E-state index contributed by atoms with van der Waals surface area (Å²) in [5.41, 5.74) is 0. The van der Waals surface area contributed by atoms with E-state index in [0.717, 1.165) is 31.7 Å². The van der Waals surface area contributed by atoms with Gasteiger partial charge in [-0.1, -0.05) is 46.0 Å². The molecule has 1 aliphatic carbocycles. The van der Waals surface area contributed by atoms with Crippen molar-refractivity contribution in [2.24, 2.45) is 5.92 Å². The first-order valence-electron chi connectivity index (χ1n) is 8.26. The molecule has 0 aliphatic heterocycles. The average Bonchev–Trinajstić information content (AvgIpc) is 2.81. The van der Waals surface area contributed by atoms with Crippen LogP contribution in [0.1, 0.15) is 76.9 Å². The Morgan fingerprint density at radius 3 is 2.26 bits per heavy atom. The molecule has 1 saturated carbocycles. The van der Waals surface area contributed by atoms with Gasteiger partial charge in [-0.15, -0.1) is 10.2 Å². The highest BCUT2D eigenvalue weighted by molar-refractivity contribution is 4.97. The van der Waals surface area contributed by atoms with Gasteiger partial charge in [0.25, 0.3) is 0 Å². The van der Waals surface area contributed by atoms with Crippen LogP contribution >= 0.6 is 0 Å². The number of rotatable bonds is 7. The third-order valence-electron chi connectivity index (χ3n) is 4.33. The van der Waals surface area contributed by atoms with Crippen molar-refractivity contribution in [2.75, 3.05) is 0 Å². The molecule has 0 unspecified atom stereocenters. The molecule has 1 aromatic heterocycles. The van der Waals surface area contributed by atoms with E-state index in [0.29, 0.717) is 0 Å². The summed E-state index contributed by atoms with van der Waals surface area (Å²) < 4.78 is 2.38. The maximum Gasteiger partial charge on any atom is 0.133 e. The normalized spacial score (nSPS) is 16.9. The minimum atomic E-state index is 0.940. The molecule has 0 spiro atoms. The molecule has 3 nitrogen and oxygen atoms in total. The number of hydrogen-bond donors (Lipinski definition) is 0. The Kier molecular flexibility index (Phi) is 5.87. The maximum atomic E-state index is 4.45. The molecule has 1 aliphatic rings. The van der Waals surface area contributed by atoms with Crippen molar-refractivity contribution in [2.45, 2.75) is 84.6 Å². The minimum Gasteiger partial charge on any atom is -0.315 e. The van der Waals surface area contributed by atoms with E-state index in [4.69, 9.17) is 0 Å². The molecule has 19 heavy (non-hydrogen) atoms. The van der Waals surface area contributed by atoms with E-state index >= 15 is 0 Å². The van der Waals surface area contributed by atoms with Gasteiger partial charge in [0.05, 0.1) is 0 Å². The van der Waals surface area contributed by atoms with Crippen LogP contribution in [-0.4, -0.2) is 14.8 Å². The van der Waals surface area contributed by atoms with Crippen molar-refractivity contribution in [1.29, 1.82) is 0 Å². The van der Waals surface area contributed by atoms with Crippen molar-refractivity contribution in [1.82, 2.24) is 14.8 Å². The Morgan fingerprint density at radius 1 is 0.947 bits per heavy atom. The lowest BCUT2D eigenvalue weighted by Crippen LogP contribution is -2.11. The molecular formula is C16H29N3. The summed E-state index contributed by atoms with van der Waals surface area (Å²) in [5.74, 6) is 3.37. The minimum absolute atomic E-state index is 0.940. The quantitative estimate of drug-likeness (QED) is 0.739. The molecule has 1 aromatic rings. The highest BCUT2D eigenvalue weighted by Crippen LogP contribution is 2.27. The molecule has 0 bridgehead atoms. The fraction of sp³-hybridized carbons (Fsp3) is 0.875. The fourth-order valence-electron chi connectivity index (χ4n) is 3.26. The molecule has 0 saturated heterocycles. The van der Waals surface area contributed by atoms with E-state index in [1.54, 1.807) is 0 Å². The molecule has 1 fully saturated rings. The Balaban J connectivity index is 1.94. The van der Waals surface area contributed by atoms with Crippen LogP contribution in [-0.2, 0) is 19.4 Å². The molecule has 2 rings (SSSR count). The summed E-state index contributed by atoms with van der Waals surface area (Å²) >= 11 is 0. The van der Waals surface area contributed by atoms with E-state index in [2.05, 4.69) is 28.6 Å². The predicted octanol–water partition coefficient (Wildman–Crippen LogP) is 4.15. The molecule has 0 atom stereocenters. The van der Waals surface area contributed by atoms with Crippen molar-refractivity contribution in [3.63, 3.8) is 0 Å². The predicted molar refractivity (Wildman–Crippen MR) is 79.2 cm³/mol. The molecule has 1 heterocycles. The largest absolute Gasteiger partial charge is 0.315 e. The lowest BCUT2D eigenvalue weighted by Gasteiger charge is -2.21. The summed E-state index contributed by atoms with van der Waals surface area (Å²) in [6.45, 7) is 5.54. The van der Waals surface area contributed by atoms with Crippen molar-refractivity contribution in [3.8, 4) is 0 Å². The van der Waals surface area contributed by atoms with Gasteiger partial charge in [-0.2, -0.15) is 0 Å². The first kappa shape index (κ1) is 14.5. The van der Waals surface area contributed by atoms with E-state index in [1.807, 2.05) is 0 Å². The zero-order valence-corrected chi connectivity index (χ0v) is 12.7. The second kappa shape index (κ2) is 7.66. The summed E-state index contributed by atoms with van der Waals surface area (Å²) in [5, 5.41) is 8.85. The smallest absolute Gasteiger partial charge is 0.133 e. The lowest BCUT2D eigenvalue weighted by atomic mass is 9.86. The van der Waals surface area contributed by atoms with Gasteiger partial charge in [-0.3, -0.25) is 0 Å². The zero-order chi connectivity index (χ0) is 13.5. The molecule has 3 heteroatoms. The van der Waals surface area contributed by atoms with Gasteiger partial charge in [0.2, 0.25) is 0 Å². The van der Waals surface area contributed by atoms with Gasteiger partial charge in [-0.05, 0) is 25.2 Å². The van der Waals surface area contributed by atoms with Crippen molar-refractivity contribution in [3.05, 3.63) is 11.6 Å². The summed E-state index contributed by atoms with van der Waals surface area (Å²) in [6.07, 6.45) is 13.0. The summed E-state index contributed by atoms with van der Waals surface area (Å²) in [7, 11) is 0. The zero-order valence-electron chi connectivity index (χ0n) is 12.7. The van der Waals surface area contributed by atoms with Gasteiger partial charge in [0.15, 0.2) is 0 Å². The Hall–Kier alpha value is -0.860. The fourth-order valence-corrected chi connectivity index (χ4v) is 3.26. The van der Waals surface area contributed by atoms with Gasteiger partial charge in [-0.25, -0.2) is 0 Å². The molecule has 0 N–H and O–H groups in total. The lowest BCUT2D eigenvalue weighted by molar-refractivity contribution is 0.335. The van der Waals surface area contributed by atoms with Gasteiger partial charge in [0, 0.05) is 19.4 Å². The van der Waals surface area contributed by atoms with Crippen LogP contribution in [0.5, 0.6) is 0 Å². The maximum absolute atomic E-state index is 4.45. The molecule has 0 aromatic carbocycles. The molecule has 0 radical (unpaired) electrons. The molecule has 108 valence electrons. The van der Waals surface area contributed by atoms with Gasteiger partial charge in [0.1, 0.15) is 11.6 Å². The Bertz CT molecular complexity index is 364. The Labute approximate surface area is 117 Å². The summed E-state index contributed by atoms with van der Waals surface area (Å²) in [6, 6.07) is 0. The highest BCUT2D eigenvalue weighted by atomic mass is 15.3. The van der Waals surface area contributed by atoms with Gasteiger partial charge < -0.3 is 4.57 Å². The number of aromatic nitrogens is 3. The first-order valence-corrected chi connectivity index (χ1v) is 8.26. The topological polar surface area (TPSA) is 30.7 Å². The first-order chi connectivity index (χ1) is 9.35. The SMILES string of the molecule is CCCc1nnc(CCC2CCCCC2)n1CCC. The van der Waals surface area contributed by atoms with Crippen LogP contribution in [0, 0.1) is 5.92 Å². The second-order valence-electron chi connectivity index (χ2n) is 5.98. The third kappa shape index (κ3) is 4.05. The van der Waals surface area contributed by atoms with Crippen LogP contribution in [0.15, 0.2) is 0 Å². The Morgan fingerprint density at radius 2 is 1.63 bits per heavy atom. The van der Waals surface area contributed by atoms with E-state index in [9.17, 15) is 0 Å². The standard InChI is InChI=1S/C16H29N3/c1-3-8-15-17-18-16(19(15)13-4-2)12-11-14-9-6-5-7-10-14/h14H,3-13H2,1-2H3. The van der Waals surface area contributed by atoms with E-state index < -0.39 is 0 Å². The second-order valence-corrected chi connectivity index (χ2v) is 5.98. The van der Waals surface area contributed by atoms with Crippen LogP contribution in [0.3, 0.4) is 0 Å². The highest BCUT2D eigenvalue weighted by Gasteiger charge is 2.16. The third-order valence-corrected chi connectivity index (χ3v) is 4.33. The van der Waals surface area contributed by atoms with Crippen molar-refractivity contribution >= 4 is 0 Å². The molecular weight excluding hydrogens is 234 g/mol. The summed E-state index contributed by atoms with van der Waals surface area (Å²) in [4.78, 5) is 0. The number of hydrogen-bond acceptors (Lipinski definition) is 2. The van der Waals surface area contributed by atoms with Gasteiger partial charge >= 0.3 is 0 Å². The van der Waals surface area contributed by atoms with Crippen LogP contribution in [0.2, 0.25) is 0 Å². The van der Waals surface area contributed by atoms with Crippen LogP contribution in [0.25, 0.3) is 0 Å².